The Labute approximate surface area is 136 Å². The number of sulfone groups is 1. The van der Waals surface area contributed by atoms with Gasteiger partial charge in [0.15, 0.2) is 9.84 Å². The fraction of sp³-hybridized carbons (Fsp3) is 0.643. The van der Waals surface area contributed by atoms with Crippen LogP contribution in [-0.4, -0.2) is 62.1 Å². The van der Waals surface area contributed by atoms with Gasteiger partial charge in [-0.15, -0.1) is 0 Å². The zero-order valence-corrected chi connectivity index (χ0v) is 14.5. The van der Waals surface area contributed by atoms with E-state index in [9.17, 15) is 16.8 Å². The molecule has 2 aliphatic rings. The van der Waals surface area contributed by atoms with E-state index >= 15 is 0 Å². The minimum atomic E-state index is -3.35. The highest BCUT2D eigenvalue weighted by Gasteiger charge is 2.63. The van der Waals surface area contributed by atoms with Gasteiger partial charge in [0.05, 0.1) is 18.1 Å². The van der Waals surface area contributed by atoms with E-state index in [1.807, 2.05) is 0 Å². The van der Waals surface area contributed by atoms with Crippen LogP contribution in [-0.2, 0) is 19.9 Å². The molecule has 0 aliphatic carbocycles. The zero-order chi connectivity index (χ0) is 16.7. The van der Waals surface area contributed by atoms with Crippen molar-refractivity contribution in [3.63, 3.8) is 0 Å². The van der Waals surface area contributed by atoms with Crippen LogP contribution in [0.5, 0.6) is 5.88 Å². The van der Waals surface area contributed by atoms with Crippen LogP contribution in [0.1, 0.15) is 13.3 Å². The first kappa shape index (κ1) is 16.7. The zero-order valence-electron chi connectivity index (χ0n) is 12.9. The molecule has 2 fully saturated rings. The van der Waals surface area contributed by atoms with Gasteiger partial charge in [0.1, 0.15) is 4.75 Å². The maximum atomic E-state index is 12.5. The lowest BCUT2D eigenvalue weighted by Gasteiger charge is -2.48. The number of pyridine rings is 1. The van der Waals surface area contributed by atoms with Crippen molar-refractivity contribution in [3.8, 4) is 5.88 Å². The third kappa shape index (κ3) is 2.74. The highest BCUT2D eigenvalue weighted by molar-refractivity contribution is 7.93. The molecule has 3 heterocycles. The minimum Gasteiger partial charge on any atom is -0.477 e. The normalized spacial score (nSPS) is 26.0. The summed E-state index contributed by atoms with van der Waals surface area (Å²) in [5, 5.41) is 0. The fourth-order valence-electron chi connectivity index (χ4n) is 3.26. The van der Waals surface area contributed by atoms with Gasteiger partial charge in [-0.2, -0.15) is 4.31 Å². The molecule has 2 aliphatic heterocycles. The summed E-state index contributed by atoms with van der Waals surface area (Å²) in [5.41, 5.74) is 0. The molecular formula is C14H20N2O5S2. The average molecular weight is 360 g/mol. The van der Waals surface area contributed by atoms with Crippen LogP contribution >= 0.6 is 0 Å². The Morgan fingerprint density at radius 1 is 1.39 bits per heavy atom. The van der Waals surface area contributed by atoms with E-state index < -0.39 is 24.6 Å². The van der Waals surface area contributed by atoms with E-state index in [-0.39, 0.29) is 37.1 Å². The van der Waals surface area contributed by atoms with Gasteiger partial charge in [0.25, 0.3) is 0 Å². The van der Waals surface area contributed by atoms with E-state index in [2.05, 4.69) is 4.98 Å². The summed E-state index contributed by atoms with van der Waals surface area (Å²) >= 11 is 0. The number of nitrogens with zero attached hydrogens (tertiary/aromatic N) is 2. The molecular weight excluding hydrogens is 340 g/mol. The van der Waals surface area contributed by atoms with Crippen LogP contribution in [0.4, 0.5) is 0 Å². The van der Waals surface area contributed by atoms with Crippen LogP contribution in [0, 0.1) is 5.92 Å². The van der Waals surface area contributed by atoms with Crippen molar-refractivity contribution in [1.29, 1.82) is 0 Å². The summed E-state index contributed by atoms with van der Waals surface area (Å²) in [7, 11) is -6.66. The first-order chi connectivity index (χ1) is 10.8. The van der Waals surface area contributed by atoms with Gasteiger partial charge in [0, 0.05) is 31.3 Å². The third-order valence-corrected chi connectivity index (χ3v) is 9.19. The van der Waals surface area contributed by atoms with E-state index in [1.54, 1.807) is 31.3 Å². The van der Waals surface area contributed by atoms with E-state index in [4.69, 9.17) is 4.74 Å². The lowest BCUT2D eigenvalue weighted by molar-refractivity contribution is 0.123. The first-order valence-corrected chi connectivity index (χ1v) is 10.8. The summed E-state index contributed by atoms with van der Waals surface area (Å²) in [6, 6.07) is 5.28. The first-order valence-electron chi connectivity index (χ1n) is 7.55. The van der Waals surface area contributed by atoms with Crippen LogP contribution < -0.4 is 4.74 Å². The molecule has 7 nitrogen and oxygen atoms in total. The Morgan fingerprint density at radius 2 is 2.13 bits per heavy atom. The molecule has 9 heteroatoms. The Kier molecular flexibility index (Phi) is 4.14. The average Bonchev–Trinajstić information content (AvgIpc) is 2.75. The van der Waals surface area contributed by atoms with Gasteiger partial charge in [-0.25, -0.2) is 21.8 Å². The van der Waals surface area contributed by atoms with Crippen molar-refractivity contribution in [3.05, 3.63) is 24.4 Å². The summed E-state index contributed by atoms with van der Waals surface area (Å²) in [6.45, 7) is 1.88. The summed E-state index contributed by atoms with van der Waals surface area (Å²) in [5.74, 6) is 0.309. The van der Waals surface area contributed by atoms with E-state index in [0.717, 1.165) is 0 Å². The predicted octanol–water partition coefficient (Wildman–Crippen LogP) is 0.299. The molecule has 1 aromatic rings. The molecule has 0 N–H and O–H groups in total. The quantitative estimate of drug-likeness (QED) is 0.750. The number of ether oxygens (including phenoxy) is 1. The molecule has 1 spiro atoms. The summed E-state index contributed by atoms with van der Waals surface area (Å²) in [6.07, 6.45) is 2.10. The molecule has 1 aromatic heterocycles. The maximum absolute atomic E-state index is 12.5. The molecule has 128 valence electrons. The highest BCUT2D eigenvalue weighted by atomic mass is 32.2. The van der Waals surface area contributed by atoms with Crippen LogP contribution in [0.15, 0.2) is 24.4 Å². The molecule has 0 radical (unpaired) electrons. The number of aromatic nitrogens is 1. The molecule has 2 saturated heterocycles. The second-order valence-electron chi connectivity index (χ2n) is 6.02. The Hall–Kier alpha value is -1.19. The lowest BCUT2D eigenvalue weighted by Crippen LogP contribution is -2.69. The van der Waals surface area contributed by atoms with Crippen LogP contribution in [0.3, 0.4) is 0 Å². The smallest absolute Gasteiger partial charge is 0.213 e. The van der Waals surface area contributed by atoms with E-state index in [1.165, 1.54) is 4.31 Å². The van der Waals surface area contributed by atoms with Gasteiger partial charge in [0.2, 0.25) is 15.9 Å². The van der Waals surface area contributed by atoms with Crippen LogP contribution in [0.2, 0.25) is 0 Å². The van der Waals surface area contributed by atoms with Crippen molar-refractivity contribution in [2.24, 2.45) is 5.92 Å². The van der Waals surface area contributed by atoms with E-state index in [0.29, 0.717) is 12.3 Å². The molecule has 0 amide bonds. The maximum Gasteiger partial charge on any atom is 0.213 e. The predicted molar refractivity (Wildman–Crippen MR) is 85.4 cm³/mol. The molecule has 1 atom stereocenters. The van der Waals surface area contributed by atoms with Gasteiger partial charge in [-0.3, -0.25) is 0 Å². The van der Waals surface area contributed by atoms with Gasteiger partial charge in [-0.1, -0.05) is 6.07 Å². The summed E-state index contributed by atoms with van der Waals surface area (Å²) < 4.78 is 54.6. The van der Waals surface area contributed by atoms with Crippen molar-refractivity contribution in [2.45, 2.75) is 18.1 Å². The molecule has 1 unspecified atom stereocenters. The lowest BCUT2D eigenvalue weighted by atomic mass is 9.85. The monoisotopic (exact) mass is 360 g/mol. The Bertz CT molecular complexity index is 771. The minimum absolute atomic E-state index is 0.0156. The Balaban J connectivity index is 1.74. The SMILES string of the molecule is CCS(=O)(=O)N1CC2(C1)C(COc1ccccn1)CCS2(=O)=O. The van der Waals surface area contributed by atoms with Crippen molar-refractivity contribution in [1.82, 2.24) is 9.29 Å². The second-order valence-corrected chi connectivity index (χ2v) is 10.7. The third-order valence-electron chi connectivity index (χ3n) is 4.81. The fourth-order valence-corrected chi connectivity index (χ4v) is 7.04. The Morgan fingerprint density at radius 3 is 2.74 bits per heavy atom. The standard InChI is InChI=1S/C14H20N2O5S2/c1-2-23(19,20)16-10-14(11-16)12(6-8-22(14,17)18)9-21-13-5-3-4-7-15-13/h3-5,7,12H,2,6,8-11H2,1H3. The number of rotatable bonds is 5. The number of sulfonamides is 1. The molecule has 3 rings (SSSR count). The van der Waals surface area contributed by atoms with Gasteiger partial charge >= 0.3 is 0 Å². The van der Waals surface area contributed by atoms with Gasteiger partial charge in [-0.05, 0) is 19.4 Å². The van der Waals surface area contributed by atoms with Gasteiger partial charge < -0.3 is 4.74 Å². The van der Waals surface area contributed by atoms with Crippen molar-refractivity contribution >= 4 is 19.9 Å². The second kappa shape index (κ2) is 5.71. The largest absolute Gasteiger partial charge is 0.477 e. The molecule has 0 saturated carbocycles. The number of hydrogen-bond acceptors (Lipinski definition) is 6. The highest BCUT2D eigenvalue weighted by Crippen LogP contribution is 2.45. The van der Waals surface area contributed by atoms with Crippen LogP contribution in [0.25, 0.3) is 0 Å². The molecule has 0 bridgehead atoms. The molecule has 23 heavy (non-hydrogen) atoms. The molecule has 0 aromatic carbocycles. The number of hydrogen-bond donors (Lipinski definition) is 0. The summed E-state index contributed by atoms with van der Waals surface area (Å²) in [4.78, 5) is 4.06. The topological polar surface area (TPSA) is 93.6 Å². The van der Waals surface area contributed by atoms with Crippen molar-refractivity contribution < 1.29 is 21.6 Å². The van der Waals surface area contributed by atoms with Crippen molar-refractivity contribution in [2.75, 3.05) is 31.2 Å².